The van der Waals surface area contributed by atoms with Crippen molar-refractivity contribution >= 4 is 17.4 Å². The smallest absolute Gasteiger partial charge is 0.270 e. The quantitative estimate of drug-likeness (QED) is 0.665. The maximum atomic E-state index is 12.6. The lowest BCUT2D eigenvalue weighted by molar-refractivity contribution is 0.0945. The van der Waals surface area contributed by atoms with Gasteiger partial charge in [-0.2, -0.15) is 0 Å². The van der Waals surface area contributed by atoms with Crippen molar-refractivity contribution in [3.8, 4) is 17.2 Å². The number of aromatic nitrogens is 2. The molecule has 2 aromatic carbocycles. The van der Waals surface area contributed by atoms with Crippen molar-refractivity contribution in [2.24, 2.45) is 0 Å². The van der Waals surface area contributed by atoms with Crippen molar-refractivity contribution in [2.75, 3.05) is 19.2 Å². The maximum absolute atomic E-state index is 12.6. The van der Waals surface area contributed by atoms with Gasteiger partial charge in [-0.25, -0.2) is 9.97 Å². The molecule has 29 heavy (non-hydrogen) atoms. The van der Waals surface area contributed by atoms with Gasteiger partial charge in [-0.05, 0) is 25.1 Å². The van der Waals surface area contributed by atoms with Crippen LogP contribution in [0.2, 0.25) is 0 Å². The average Bonchev–Trinajstić information content (AvgIpc) is 3.19. The summed E-state index contributed by atoms with van der Waals surface area (Å²) in [4.78, 5) is 21.2. The number of hydrogen-bond acceptors (Lipinski definition) is 7. The van der Waals surface area contributed by atoms with Gasteiger partial charge in [0.2, 0.25) is 6.79 Å². The lowest BCUT2D eigenvalue weighted by Gasteiger charge is -2.11. The first-order valence-electron chi connectivity index (χ1n) is 9.05. The highest BCUT2D eigenvalue weighted by molar-refractivity contribution is 5.93. The highest BCUT2D eigenvalue weighted by Crippen LogP contribution is 2.34. The molecule has 1 aromatic heterocycles. The minimum absolute atomic E-state index is 0.210. The van der Waals surface area contributed by atoms with E-state index in [1.165, 1.54) is 0 Å². The molecular weight excluding hydrogens is 372 g/mol. The molecule has 1 aliphatic heterocycles. The van der Waals surface area contributed by atoms with Crippen LogP contribution in [0.5, 0.6) is 17.2 Å². The van der Waals surface area contributed by atoms with E-state index in [0.717, 1.165) is 17.0 Å². The van der Waals surface area contributed by atoms with E-state index in [-0.39, 0.29) is 18.4 Å². The summed E-state index contributed by atoms with van der Waals surface area (Å²) >= 11 is 0. The fraction of sp³-hybridized carbons (Fsp3) is 0.190. The molecule has 8 nitrogen and oxygen atoms in total. The summed E-state index contributed by atoms with van der Waals surface area (Å²) < 4.78 is 16.0. The van der Waals surface area contributed by atoms with E-state index in [9.17, 15) is 4.79 Å². The van der Waals surface area contributed by atoms with Crippen molar-refractivity contribution in [2.45, 2.75) is 13.5 Å². The normalized spacial score (nSPS) is 11.8. The average molecular weight is 392 g/mol. The molecule has 0 radical (unpaired) electrons. The van der Waals surface area contributed by atoms with E-state index in [0.29, 0.717) is 29.7 Å². The zero-order valence-corrected chi connectivity index (χ0v) is 16.1. The minimum Gasteiger partial charge on any atom is -0.496 e. The van der Waals surface area contributed by atoms with E-state index < -0.39 is 0 Å². The van der Waals surface area contributed by atoms with Crippen LogP contribution in [0.15, 0.2) is 48.5 Å². The van der Waals surface area contributed by atoms with Crippen LogP contribution in [-0.4, -0.2) is 29.8 Å². The Morgan fingerprint density at radius 1 is 1.10 bits per heavy atom. The Hall–Kier alpha value is -3.81. The molecule has 0 saturated carbocycles. The molecule has 1 amide bonds. The maximum Gasteiger partial charge on any atom is 0.270 e. The molecule has 4 rings (SSSR count). The van der Waals surface area contributed by atoms with Gasteiger partial charge in [-0.3, -0.25) is 4.79 Å². The molecule has 1 aliphatic rings. The SMILES string of the molecule is COc1ccccc1CNC(=O)c1cc(Nc2ccc3c(c2)OCO3)nc(C)n1. The van der Waals surface area contributed by atoms with Crippen LogP contribution in [0, 0.1) is 6.92 Å². The van der Waals surface area contributed by atoms with E-state index >= 15 is 0 Å². The molecule has 0 unspecified atom stereocenters. The summed E-state index contributed by atoms with van der Waals surface area (Å²) in [6.45, 7) is 2.28. The van der Waals surface area contributed by atoms with E-state index in [4.69, 9.17) is 14.2 Å². The minimum atomic E-state index is -0.296. The largest absolute Gasteiger partial charge is 0.496 e. The van der Waals surface area contributed by atoms with Gasteiger partial charge in [0.15, 0.2) is 11.5 Å². The molecule has 0 bridgehead atoms. The Morgan fingerprint density at radius 3 is 2.79 bits per heavy atom. The van der Waals surface area contributed by atoms with Crippen molar-refractivity contribution in [1.29, 1.82) is 0 Å². The highest BCUT2D eigenvalue weighted by atomic mass is 16.7. The second kappa shape index (κ2) is 8.05. The van der Waals surface area contributed by atoms with Gasteiger partial charge in [0.1, 0.15) is 23.1 Å². The second-order valence-corrected chi connectivity index (χ2v) is 6.37. The number of nitrogens with one attached hydrogen (secondary N) is 2. The van der Waals surface area contributed by atoms with Gasteiger partial charge >= 0.3 is 0 Å². The van der Waals surface area contributed by atoms with Crippen LogP contribution in [0.3, 0.4) is 0 Å². The third-order valence-corrected chi connectivity index (χ3v) is 4.35. The summed E-state index contributed by atoms with van der Waals surface area (Å²) in [5, 5.41) is 6.04. The van der Waals surface area contributed by atoms with E-state index in [1.54, 1.807) is 20.1 Å². The van der Waals surface area contributed by atoms with Gasteiger partial charge in [0.05, 0.1) is 7.11 Å². The van der Waals surface area contributed by atoms with E-state index in [1.807, 2.05) is 42.5 Å². The van der Waals surface area contributed by atoms with Crippen LogP contribution in [0.25, 0.3) is 0 Å². The summed E-state index contributed by atoms with van der Waals surface area (Å²) in [6.07, 6.45) is 0. The summed E-state index contributed by atoms with van der Waals surface area (Å²) in [5.74, 6) is 2.78. The zero-order valence-electron chi connectivity index (χ0n) is 16.1. The van der Waals surface area contributed by atoms with Crippen LogP contribution >= 0.6 is 0 Å². The second-order valence-electron chi connectivity index (χ2n) is 6.37. The number of amides is 1. The molecule has 0 aliphatic carbocycles. The van der Waals surface area contributed by atoms with Gasteiger partial charge < -0.3 is 24.8 Å². The molecule has 148 valence electrons. The molecule has 0 atom stereocenters. The molecule has 2 heterocycles. The zero-order chi connectivity index (χ0) is 20.2. The number of fused-ring (bicyclic) bond motifs is 1. The van der Waals surface area contributed by atoms with Gasteiger partial charge in [0, 0.05) is 29.9 Å². The van der Waals surface area contributed by atoms with Gasteiger partial charge in [-0.1, -0.05) is 18.2 Å². The van der Waals surface area contributed by atoms with Gasteiger partial charge in [0.25, 0.3) is 5.91 Å². The topological polar surface area (TPSA) is 94.6 Å². The molecule has 0 spiro atoms. The third-order valence-electron chi connectivity index (χ3n) is 4.35. The number of nitrogens with zero attached hydrogens (tertiary/aromatic N) is 2. The number of para-hydroxylation sites is 1. The molecule has 0 fully saturated rings. The van der Waals surface area contributed by atoms with E-state index in [2.05, 4.69) is 20.6 Å². The fourth-order valence-electron chi connectivity index (χ4n) is 2.99. The molecule has 3 aromatic rings. The summed E-state index contributed by atoms with van der Waals surface area (Å²) in [5.41, 5.74) is 1.93. The van der Waals surface area contributed by atoms with Crippen molar-refractivity contribution in [1.82, 2.24) is 15.3 Å². The fourth-order valence-corrected chi connectivity index (χ4v) is 2.99. The van der Waals surface area contributed by atoms with Crippen molar-refractivity contribution in [3.05, 3.63) is 65.6 Å². The summed E-state index contributed by atoms with van der Waals surface area (Å²) in [6, 6.07) is 14.6. The number of rotatable bonds is 6. The molecule has 0 saturated heterocycles. The van der Waals surface area contributed by atoms with Crippen LogP contribution < -0.4 is 24.8 Å². The molecule has 8 heteroatoms. The summed E-state index contributed by atoms with van der Waals surface area (Å²) in [7, 11) is 1.60. The Kier molecular flexibility index (Phi) is 5.15. The third kappa shape index (κ3) is 4.21. The first-order chi connectivity index (χ1) is 14.1. The number of hydrogen-bond donors (Lipinski definition) is 2. The molecule has 2 N–H and O–H groups in total. The number of aryl methyl sites for hydroxylation is 1. The number of carbonyl (C=O) groups excluding carboxylic acids is 1. The van der Waals surface area contributed by atoms with Crippen LogP contribution in [-0.2, 0) is 6.54 Å². The number of benzene rings is 2. The number of carbonyl (C=O) groups is 1. The van der Waals surface area contributed by atoms with Crippen LogP contribution in [0.1, 0.15) is 21.9 Å². The predicted octanol–water partition coefficient (Wildman–Crippen LogP) is 3.20. The monoisotopic (exact) mass is 392 g/mol. The Bertz CT molecular complexity index is 1050. The molecular formula is C21H20N4O4. The predicted molar refractivity (Wildman–Crippen MR) is 107 cm³/mol. The first-order valence-corrected chi connectivity index (χ1v) is 9.05. The highest BCUT2D eigenvalue weighted by Gasteiger charge is 2.15. The number of methoxy groups -OCH3 is 1. The Labute approximate surface area is 167 Å². The van der Waals surface area contributed by atoms with Gasteiger partial charge in [-0.15, -0.1) is 0 Å². The number of anilines is 2. The van der Waals surface area contributed by atoms with Crippen molar-refractivity contribution in [3.63, 3.8) is 0 Å². The lowest BCUT2D eigenvalue weighted by Crippen LogP contribution is -2.24. The standard InChI is InChI=1S/C21H20N4O4/c1-13-23-16(21(26)22-11-14-5-3-4-6-17(14)27-2)10-20(24-13)25-15-7-8-18-19(9-15)29-12-28-18/h3-10H,11-12H2,1-2H3,(H,22,26)(H,23,24,25). The van der Waals surface area contributed by atoms with Crippen LogP contribution in [0.4, 0.5) is 11.5 Å². The first kappa shape index (κ1) is 18.5. The van der Waals surface area contributed by atoms with Crippen molar-refractivity contribution < 1.29 is 19.0 Å². The lowest BCUT2D eigenvalue weighted by atomic mass is 10.2. The Balaban J connectivity index is 1.48. The number of ether oxygens (including phenoxy) is 3. The Morgan fingerprint density at radius 2 is 1.93 bits per heavy atom.